The molecule has 4 rings (SSSR count). The van der Waals surface area contributed by atoms with Crippen molar-refractivity contribution in [3.8, 4) is 0 Å². The predicted octanol–water partition coefficient (Wildman–Crippen LogP) is 5.72. The number of carbonyl (C=O) groups excluding carboxylic acids is 2. The Balaban J connectivity index is 1.51. The summed E-state index contributed by atoms with van der Waals surface area (Å²) in [5.74, 6) is 4.03. The molecule has 3 saturated carbocycles. The molecule has 0 bridgehead atoms. The Kier molecular flexibility index (Phi) is 5.25. The van der Waals surface area contributed by atoms with Gasteiger partial charge in [0.2, 0.25) is 0 Å². The van der Waals surface area contributed by atoms with Crippen molar-refractivity contribution in [2.45, 2.75) is 85.0 Å². The van der Waals surface area contributed by atoms with E-state index in [-0.39, 0.29) is 11.4 Å². The zero-order valence-electron chi connectivity index (χ0n) is 18.3. The fraction of sp³-hybridized carbons (Fsp3) is 0.840. The molecule has 0 radical (unpaired) electrons. The Hall–Kier alpha value is -1.12. The summed E-state index contributed by atoms with van der Waals surface area (Å²) in [4.78, 5) is 23.6. The molecule has 4 aliphatic carbocycles. The zero-order chi connectivity index (χ0) is 20.1. The molecule has 4 aliphatic rings. The topological polar surface area (TPSA) is 43.4 Å². The number of hydrogen-bond acceptors (Lipinski definition) is 3. The second kappa shape index (κ2) is 7.29. The quantitative estimate of drug-likeness (QED) is 0.580. The highest BCUT2D eigenvalue weighted by Crippen LogP contribution is 2.67. The highest BCUT2D eigenvalue weighted by molar-refractivity contribution is 5.91. The summed E-state index contributed by atoms with van der Waals surface area (Å²) in [5.41, 5.74) is 2.17. The van der Waals surface area contributed by atoms with E-state index < -0.39 is 0 Å². The second-order valence-electron chi connectivity index (χ2n) is 10.8. The molecule has 7 atom stereocenters. The van der Waals surface area contributed by atoms with Gasteiger partial charge in [-0.15, -0.1) is 0 Å². The van der Waals surface area contributed by atoms with Gasteiger partial charge in [-0.05, 0) is 97.9 Å². The van der Waals surface area contributed by atoms with Crippen molar-refractivity contribution in [2.24, 2.45) is 40.4 Å². The Morgan fingerprint density at radius 2 is 1.93 bits per heavy atom. The van der Waals surface area contributed by atoms with E-state index >= 15 is 0 Å². The maximum atomic E-state index is 12.0. The molecule has 3 fully saturated rings. The SMILES string of the molecule is COC(=O)CC[C@H](C)[C@@H]1CC[C@@H]2[C@@H]3CCC4=CC(=O)CC[C@]4(C)[C@H]3CC[C@@]21C. The third-order valence-corrected chi connectivity index (χ3v) is 9.75. The van der Waals surface area contributed by atoms with Crippen LogP contribution >= 0.6 is 0 Å². The average Bonchev–Trinajstić information content (AvgIpc) is 3.03. The molecule has 0 unspecified atom stereocenters. The second-order valence-corrected chi connectivity index (χ2v) is 10.8. The minimum atomic E-state index is -0.0679. The van der Waals surface area contributed by atoms with E-state index in [1.807, 2.05) is 6.08 Å². The first-order valence-corrected chi connectivity index (χ1v) is 11.6. The van der Waals surface area contributed by atoms with Crippen molar-refractivity contribution < 1.29 is 14.3 Å². The molecule has 28 heavy (non-hydrogen) atoms. The third-order valence-electron chi connectivity index (χ3n) is 9.75. The number of carbonyl (C=O) groups is 2. The van der Waals surface area contributed by atoms with Crippen LogP contribution in [0.2, 0.25) is 0 Å². The van der Waals surface area contributed by atoms with Gasteiger partial charge in [-0.1, -0.05) is 26.3 Å². The van der Waals surface area contributed by atoms with Crippen LogP contribution in [-0.2, 0) is 14.3 Å². The van der Waals surface area contributed by atoms with E-state index in [9.17, 15) is 9.59 Å². The number of ether oxygens (including phenoxy) is 1. The number of esters is 1. The smallest absolute Gasteiger partial charge is 0.305 e. The van der Waals surface area contributed by atoms with Gasteiger partial charge < -0.3 is 4.74 Å². The minimum Gasteiger partial charge on any atom is -0.469 e. The highest BCUT2D eigenvalue weighted by atomic mass is 16.5. The monoisotopic (exact) mass is 386 g/mol. The molecule has 0 spiro atoms. The maximum Gasteiger partial charge on any atom is 0.305 e. The van der Waals surface area contributed by atoms with Crippen molar-refractivity contribution in [2.75, 3.05) is 7.11 Å². The molecule has 0 amide bonds. The Morgan fingerprint density at radius 3 is 2.68 bits per heavy atom. The molecule has 0 aromatic carbocycles. The Morgan fingerprint density at radius 1 is 1.14 bits per heavy atom. The van der Waals surface area contributed by atoms with Crippen molar-refractivity contribution in [1.29, 1.82) is 0 Å². The van der Waals surface area contributed by atoms with Crippen LogP contribution in [0, 0.1) is 40.4 Å². The van der Waals surface area contributed by atoms with E-state index in [2.05, 4.69) is 20.8 Å². The van der Waals surface area contributed by atoms with Crippen molar-refractivity contribution in [3.05, 3.63) is 11.6 Å². The van der Waals surface area contributed by atoms with Crippen molar-refractivity contribution >= 4 is 11.8 Å². The lowest BCUT2D eigenvalue weighted by Crippen LogP contribution is -2.51. The molecule has 0 saturated heterocycles. The van der Waals surface area contributed by atoms with Crippen LogP contribution in [0.3, 0.4) is 0 Å². The van der Waals surface area contributed by atoms with E-state index in [0.29, 0.717) is 23.5 Å². The largest absolute Gasteiger partial charge is 0.469 e. The zero-order valence-corrected chi connectivity index (χ0v) is 18.3. The number of ketones is 1. The van der Waals surface area contributed by atoms with Gasteiger partial charge in [0.05, 0.1) is 7.11 Å². The molecule has 3 nitrogen and oxygen atoms in total. The number of hydrogen-bond donors (Lipinski definition) is 0. The summed E-state index contributed by atoms with van der Waals surface area (Å²) in [7, 11) is 1.49. The molecule has 0 aliphatic heterocycles. The molecular weight excluding hydrogens is 348 g/mol. The van der Waals surface area contributed by atoms with Crippen LogP contribution < -0.4 is 0 Å². The molecule has 0 aromatic rings. The molecule has 0 heterocycles. The summed E-state index contributed by atoms with van der Waals surface area (Å²) in [6, 6.07) is 0. The molecular formula is C25H38O3. The van der Waals surface area contributed by atoms with Crippen molar-refractivity contribution in [3.63, 3.8) is 0 Å². The van der Waals surface area contributed by atoms with Crippen LogP contribution in [0.1, 0.15) is 85.0 Å². The highest BCUT2D eigenvalue weighted by Gasteiger charge is 2.59. The van der Waals surface area contributed by atoms with Crippen LogP contribution in [0.15, 0.2) is 11.6 Å². The predicted molar refractivity (Wildman–Crippen MR) is 111 cm³/mol. The maximum absolute atomic E-state index is 12.0. The summed E-state index contributed by atoms with van der Waals surface area (Å²) in [6.07, 6.45) is 13.1. The fourth-order valence-corrected chi connectivity index (χ4v) is 8.18. The summed E-state index contributed by atoms with van der Waals surface area (Å²) >= 11 is 0. The minimum absolute atomic E-state index is 0.0679. The lowest BCUT2D eigenvalue weighted by molar-refractivity contribution is -0.141. The van der Waals surface area contributed by atoms with E-state index in [0.717, 1.165) is 49.4 Å². The van der Waals surface area contributed by atoms with Gasteiger partial charge >= 0.3 is 5.97 Å². The van der Waals surface area contributed by atoms with Gasteiger partial charge in [0.15, 0.2) is 5.78 Å². The first-order valence-electron chi connectivity index (χ1n) is 11.6. The molecule has 156 valence electrons. The normalized spacial score (nSPS) is 43.4. The average molecular weight is 387 g/mol. The first kappa shape index (κ1) is 20.2. The summed E-state index contributed by atoms with van der Waals surface area (Å²) < 4.78 is 4.87. The standard InChI is InChI=1S/C25H38O3/c1-16(5-10-23(27)28-4)20-8-9-21-19-7-6-17-15-18(26)11-13-24(17,2)22(19)12-14-25(20,21)3/h15-16,19-22H,5-14H2,1-4H3/t16-,19-,20-,21+,22-,24-,25+/m0/s1. The summed E-state index contributed by atoms with van der Waals surface area (Å²) in [5, 5.41) is 0. The van der Waals surface area contributed by atoms with Crippen LogP contribution in [0.4, 0.5) is 0 Å². The number of rotatable bonds is 4. The van der Waals surface area contributed by atoms with Crippen LogP contribution in [0.25, 0.3) is 0 Å². The van der Waals surface area contributed by atoms with Gasteiger partial charge in [0, 0.05) is 12.8 Å². The van der Waals surface area contributed by atoms with Gasteiger partial charge in [-0.25, -0.2) is 0 Å². The van der Waals surface area contributed by atoms with Crippen LogP contribution in [-0.4, -0.2) is 18.9 Å². The Bertz CT molecular complexity index is 679. The van der Waals surface area contributed by atoms with Gasteiger partial charge in [-0.2, -0.15) is 0 Å². The third kappa shape index (κ3) is 3.08. The number of methoxy groups -OCH3 is 1. The summed E-state index contributed by atoms with van der Waals surface area (Å²) in [6.45, 7) is 7.40. The Labute approximate surface area is 170 Å². The number of allylic oxidation sites excluding steroid dienone is 1. The molecule has 3 heteroatoms. The van der Waals surface area contributed by atoms with E-state index in [1.165, 1.54) is 44.8 Å². The van der Waals surface area contributed by atoms with Gasteiger partial charge in [0.1, 0.15) is 0 Å². The first-order chi connectivity index (χ1) is 13.3. The number of fused-ring (bicyclic) bond motifs is 5. The van der Waals surface area contributed by atoms with E-state index in [1.54, 1.807) is 0 Å². The van der Waals surface area contributed by atoms with Gasteiger partial charge in [-0.3, -0.25) is 9.59 Å². The lowest BCUT2D eigenvalue weighted by Gasteiger charge is -2.58. The van der Waals surface area contributed by atoms with Crippen LogP contribution in [0.5, 0.6) is 0 Å². The fourth-order valence-electron chi connectivity index (χ4n) is 8.18. The lowest BCUT2D eigenvalue weighted by atomic mass is 9.46. The molecule has 0 N–H and O–H groups in total. The molecule has 0 aromatic heterocycles. The van der Waals surface area contributed by atoms with Crippen molar-refractivity contribution in [1.82, 2.24) is 0 Å². The van der Waals surface area contributed by atoms with E-state index in [4.69, 9.17) is 4.74 Å². The van der Waals surface area contributed by atoms with Gasteiger partial charge in [0.25, 0.3) is 0 Å².